The third-order valence-corrected chi connectivity index (χ3v) is 5.54. The van der Waals surface area contributed by atoms with E-state index in [1.54, 1.807) is 18.0 Å². The molecule has 1 atom stereocenters. The highest BCUT2D eigenvalue weighted by molar-refractivity contribution is 5.82. The lowest BCUT2D eigenvalue weighted by Crippen LogP contribution is -2.39. The van der Waals surface area contributed by atoms with Crippen LogP contribution in [0.1, 0.15) is 42.5 Å². The molecule has 0 bridgehead atoms. The maximum Gasteiger partial charge on any atom is 0.225 e. The molecule has 0 saturated heterocycles. The van der Waals surface area contributed by atoms with Gasteiger partial charge in [0.15, 0.2) is 0 Å². The van der Waals surface area contributed by atoms with Crippen LogP contribution in [-0.2, 0) is 9.59 Å². The zero-order valence-corrected chi connectivity index (χ0v) is 16.0. The Hall–Kier alpha value is -3.14. The van der Waals surface area contributed by atoms with E-state index in [4.69, 9.17) is 0 Å². The van der Waals surface area contributed by atoms with E-state index < -0.39 is 0 Å². The summed E-state index contributed by atoms with van der Waals surface area (Å²) in [5.74, 6) is 0.0400. The Bertz CT molecular complexity index is 946. The molecule has 0 unspecified atom stereocenters. The molecule has 0 saturated carbocycles. The highest BCUT2D eigenvalue weighted by atomic mass is 16.2. The third kappa shape index (κ3) is 3.63. The standard InChI is InChI=1S/C24H24N2O2/c1-18(27)26-16-13-21-9-5-6-10-22(21)23(26)17-24(28)25-14-11-20(12-15-25)19-7-3-2-4-8-19/h2-11,13,16,23H,12,14-15,17H2,1H3/t23-/m1/s1. The van der Waals surface area contributed by atoms with E-state index in [1.165, 1.54) is 11.1 Å². The van der Waals surface area contributed by atoms with Gasteiger partial charge in [0.25, 0.3) is 0 Å². The van der Waals surface area contributed by atoms with Crippen molar-refractivity contribution in [2.75, 3.05) is 13.1 Å². The average Bonchev–Trinajstić information content (AvgIpc) is 2.74. The number of rotatable bonds is 3. The molecule has 4 rings (SSSR count). The second kappa shape index (κ2) is 7.85. The molecule has 2 aliphatic rings. The summed E-state index contributed by atoms with van der Waals surface area (Å²) in [5.41, 5.74) is 4.62. The van der Waals surface area contributed by atoms with E-state index in [1.807, 2.05) is 53.4 Å². The number of carbonyl (C=O) groups is 2. The molecule has 2 amide bonds. The van der Waals surface area contributed by atoms with Crippen molar-refractivity contribution in [1.29, 1.82) is 0 Å². The summed E-state index contributed by atoms with van der Waals surface area (Å²) in [5, 5.41) is 0. The molecule has 2 heterocycles. The molecular weight excluding hydrogens is 348 g/mol. The Kier molecular flexibility index (Phi) is 5.11. The predicted molar refractivity (Wildman–Crippen MR) is 111 cm³/mol. The van der Waals surface area contributed by atoms with Crippen molar-refractivity contribution in [3.63, 3.8) is 0 Å². The molecule has 0 N–H and O–H groups in total. The van der Waals surface area contributed by atoms with Crippen molar-refractivity contribution in [2.24, 2.45) is 0 Å². The summed E-state index contributed by atoms with van der Waals surface area (Å²) in [7, 11) is 0. The fraction of sp³-hybridized carbons (Fsp3) is 0.250. The zero-order chi connectivity index (χ0) is 19.5. The van der Waals surface area contributed by atoms with Gasteiger partial charge in [-0.3, -0.25) is 9.59 Å². The smallest absolute Gasteiger partial charge is 0.225 e. The van der Waals surface area contributed by atoms with Crippen LogP contribution in [0.2, 0.25) is 0 Å². The summed E-state index contributed by atoms with van der Waals surface area (Å²) < 4.78 is 0. The number of nitrogens with zero attached hydrogens (tertiary/aromatic N) is 2. The Morgan fingerprint density at radius 1 is 1.04 bits per heavy atom. The Morgan fingerprint density at radius 2 is 1.79 bits per heavy atom. The van der Waals surface area contributed by atoms with E-state index in [2.05, 4.69) is 18.2 Å². The quantitative estimate of drug-likeness (QED) is 0.807. The maximum absolute atomic E-state index is 13.0. The highest BCUT2D eigenvalue weighted by Gasteiger charge is 2.30. The van der Waals surface area contributed by atoms with Gasteiger partial charge in [-0.25, -0.2) is 0 Å². The first-order chi connectivity index (χ1) is 13.6. The van der Waals surface area contributed by atoms with Gasteiger partial charge in [-0.05, 0) is 34.8 Å². The van der Waals surface area contributed by atoms with E-state index in [9.17, 15) is 9.59 Å². The molecule has 28 heavy (non-hydrogen) atoms. The summed E-state index contributed by atoms with van der Waals surface area (Å²) in [6.45, 7) is 2.88. The van der Waals surface area contributed by atoms with Gasteiger partial charge in [-0.15, -0.1) is 0 Å². The molecule has 4 nitrogen and oxygen atoms in total. The molecule has 2 aromatic carbocycles. The van der Waals surface area contributed by atoms with Crippen LogP contribution in [0.15, 0.2) is 66.9 Å². The summed E-state index contributed by atoms with van der Waals surface area (Å²) in [6, 6.07) is 18.0. The summed E-state index contributed by atoms with van der Waals surface area (Å²) in [4.78, 5) is 28.7. The first-order valence-electron chi connectivity index (χ1n) is 9.72. The van der Waals surface area contributed by atoms with Crippen LogP contribution < -0.4 is 0 Å². The second-order valence-corrected chi connectivity index (χ2v) is 7.28. The van der Waals surface area contributed by atoms with Gasteiger partial charge >= 0.3 is 0 Å². The van der Waals surface area contributed by atoms with Crippen LogP contribution in [0.25, 0.3) is 11.6 Å². The molecular formula is C24H24N2O2. The van der Waals surface area contributed by atoms with Gasteiger partial charge in [0.05, 0.1) is 12.5 Å². The average molecular weight is 372 g/mol. The fourth-order valence-corrected chi connectivity index (χ4v) is 4.02. The zero-order valence-electron chi connectivity index (χ0n) is 16.0. The molecule has 2 aliphatic heterocycles. The SMILES string of the molecule is CC(=O)N1C=Cc2ccccc2[C@H]1CC(=O)N1CC=C(c2ccccc2)CC1. The van der Waals surface area contributed by atoms with E-state index in [-0.39, 0.29) is 17.9 Å². The van der Waals surface area contributed by atoms with Crippen molar-refractivity contribution in [3.05, 3.63) is 83.6 Å². The molecule has 0 aliphatic carbocycles. The lowest BCUT2D eigenvalue weighted by atomic mass is 9.93. The summed E-state index contributed by atoms with van der Waals surface area (Å²) in [6.07, 6.45) is 7.04. The first-order valence-corrected chi connectivity index (χ1v) is 9.72. The van der Waals surface area contributed by atoms with Crippen LogP contribution >= 0.6 is 0 Å². The van der Waals surface area contributed by atoms with Crippen LogP contribution in [0.5, 0.6) is 0 Å². The van der Waals surface area contributed by atoms with Crippen LogP contribution in [-0.4, -0.2) is 34.7 Å². The monoisotopic (exact) mass is 372 g/mol. The van der Waals surface area contributed by atoms with E-state index in [0.29, 0.717) is 19.5 Å². The maximum atomic E-state index is 13.0. The lowest BCUT2D eigenvalue weighted by molar-refractivity contribution is -0.134. The number of benzene rings is 2. The van der Waals surface area contributed by atoms with E-state index in [0.717, 1.165) is 17.5 Å². The van der Waals surface area contributed by atoms with Crippen molar-refractivity contribution in [1.82, 2.24) is 9.80 Å². The minimum atomic E-state index is -0.245. The number of carbonyl (C=O) groups excluding carboxylic acids is 2. The Balaban J connectivity index is 1.49. The molecule has 4 heteroatoms. The predicted octanol–water partition coefficient (Wildman–Crippen LogP) is 4.27. The van der Waals surface area contributed by atoms with Crippen LogP contribution in [0, 0.1) is 0 Å². The highest BCUT2D eigenvalue weighted by Crippen LogP contribution is 2.33. The van der Waals surface area contributed by atoms with E-state index >= 15 is 0 Å². The largest absolute Gasteiger partial charge is 0.339 e. The van der Waals surface area contributed by atoms with Gasteiger partial charge < -0.3 is 9.80 Å². The van der Waals surface area contributed by atoms with Crippen LogP contribution in [0.4, 0.5) is 0 Å². The van der Waals surface area contributed by atoms with Crippen molar-refractivity contribution in [2.45, 2.75) is 25.8 Å². The van der Waals surface area contributed by atoms with Crippen molar-refractivity contribution in [3.8, 4) is 0 Å². The van der Waals surface area contributed by atoms with Gasteiger partial charge in [-0.2, -0.15) is 0 Å². The van der Waals surface area contributed by atoms with Crippen molar-refractivity contribution >= 4 is 23.5 Å². The van der Waals surface area contributed by atoms with Gasteiger partial charge in [0, 0.05) is 26.2 Å². The first kappa shape index (κ1) is 18.2. The number of fused-ring (bicyclic) bond motifs is 1. The van der Waals surface area contributed by atoms with Crippen molar-refractivity contribution < 1.29 is 9.59 Å². The van der Waals surface area contributed by atoms with Crippen LogP contribution in [0.3, 0.4) is 0 Å². The second-order valence-electron chi connectivity index (χ2n) is 7.28. The number of amides is 2. The Morgan fingerprint density at radius 3 is 2.50 bits per heavy atom. The molecule has 2 aromatic rings. The van der Waals surface area contributed by atoms with Gasteiger partial charge in [-0.1, -0.05) is 60.7 Å². The fourth-order valence-electron chi connectivity index (χ4n) is 4.02. The topological polar surface area (TPSA) is 40.6 Å². The lowest BCUT2D eigenvalue weighted by Gasteiger charge is -2.34. The molecule has 0 radical (unpaired) electrons. The normalized spacial score (nSPS) is 18.5. The number of hydrogen-bond acceptors (Lipinski definition) is 2. The molecule has 0 aromatic heterocycles. The Labute approximate surface area is 165 Å². The minimum Gasteiger partial charge on any atom is -0.339 e. The van der Waals surface area contributed by atoms with Gasteiger partial charge in [0.1, 0.15) is 0 Å². The molecule has 0 spiro atoms. The third-order valence-electron chi connectivity index (χ3n) is 5.54. The molecule has 0 fully saturated rings. The summed E-state index contributed by atoms with van der Waals surface area (Å²) >= 11 is 0. The molecule has 142 valence electrons. The number of hydrogen-bond donors (Lipinski definition) is 0. The minimum absolute atomic E-state index is 0.0477. The van der Waals surface area contributed by atoms with Gasteiger partial charge in [0.2, 0.25) is 11.8 Å².